The zero-order chi connectivity index (χ0) is 23.5. The van der Waals surface area contributed by atoms with Crippen LogP contribution in [0.2, 0.25) is 0 Å². The number of hydrogen-bond acceptors (Lipinski definition) is 7. The van der Waals surface area contributed by atoms with Crippen molar-refractivity contribution in [3.8, 4) is 0 Å². The van der Waals surface area contributed by atoms with Crippen LogP contribution in [0.25, 0.3) is 17.5 Å². The van der Waals surface area contributed by atoms with Crippen molar-refractivity contribution in [2.45, 2.75) is 12.8 Å². The van der Waals surface area contributed by atoms with E-state index in [0.29, 0.717) is 14.8 Å². The van der Waals surface area contributed by atoms with E-state index in [0.717, 1.165) is 16.9 Å². The van der Waals surface area contributed by atoms with Crippen molar-refractivity contribution in [1.82, 2.24) is 4.57 Å². The fraction of sp³-hybridized carbons (Fsp3) is 0.160. The Balaban J connectivity index is 2.13. The first kappa shape index (κ1) is 22.3. The molecule has 0 amide bonds. The number of benzene rings is 2. The maximum absolute atomic E-state index is 13.4. The highest BCUT2D eigenvalue weighted by Gasteiger charge is 2.39. The van der Waals surface area contributed by atoms with Crippen molar-refractivity contribution in [3.05, 3.63) is 96.9 Å². The lowest BCUT2D eigenvalue weighted by molar-refractivity contribution is -0.136. The van der Waals surface area contributed by atoms with Gasteiger partial charge in [-0.25, -0.2) is 9.59 Å². The minimum atomic E-state index is -0.847. The van der Waals surface area contributed by atoms with Crippen molar-refractivity contribution in [3.63, 3.8) is 0 Å². The summed E-state index contributed by atoms with van der Waals surface area (Å²) in [5.41, 5.74) is 7.65. The first-order chi connectivity index (χ1) is 16.0. The first-order valence-electron chi connectivity index (χ1n) is 10.3. The van der Waals surface area contributed by atoms with Gasteiger partial charge in [-0.15, -0.1) is 11.3 Å². The van der Waals surface area contributed by atoms with Crippen molar-refractivity contribution in [2.75, 3.05) is 13.7 Å². The molecule has 8 heteroatoms. The number of methoxy groups -OCH3 is 1. The average Bonchev–Trinajstić information content (AvgIpc) is 3.15. The van der Waals surface area contributed by atoms with Gasteiger partial charge in [0.1, 0.15) is 10.5 Å². The molecule has 7 nitrogen and oxygen atoms in total. The van der Waals surface area contributed by atoms with E-state index in [9.17, 15) is 14.4 Å². The van der Waals surface area contributed by atoms with Gasteiger partial charge in [-0.05, 0) is 24.1 Å². The summed E-state index contributed by atoms with van der Waals surface area (Å²) in [6.07, 6.45) is 1.73. The second-order valence-electron chi connectivity index (χ2n) is 7.24. The fourth-order valence-corrected chi connectivity index (χ4v) is 5.01. The van der Waals surface area contributed by atoms with Gasteiger partial charge in [0.25, 0.3) is 5.56 Å². The number of nitrogens with zero attached hydrogens (tertiary/aromatic N) is 1. The summed E-state index contributed by atoms with van der Waals surface area (Å²) in [5, 5.41) is 0. The van der Waals surface area contributed by atoms with Crippen LogP contribution in [0.15, 0.2) is 71.0 Å². The summed E-state index contributed by atoms with van der Waals surface area (Å²) in [6, 6.07) is 18.3. The van der Waals surface area contributed by atoms with Gasteiger partial charge in [0.05, 0.1) is 35.3 Å². The number of esters is 2. The minimum absolute atomic E-state index is 0.0189. The van der Waals surface area contributed by atoms with Gasteiger partial charge in [0, 0.05) is 0 Å². The van der Waals surface area contributed by atoms with E-state index in [1.165, 1.54) is 11.7 Å². The summed E-state index contributed by atoms with van der Waals surface area (Å²) >= 11 is 1.13. The molecular weight excluding hydrogens is 440 g/mol. The van der Waals surface area contributed by atoms with E-state index in [4.69, 9.17) is 15.2 Å². The molecule has 1 aliphatic heterocycles. The van der Waals surface area contributed by atoms with Gasteiger partial charge in [-0.2, -0.15) is 0 Å². The SMILES string of the molecule is CCOC(=O)C1=c2sc(=Cc3ccccc3)c(=O)n2C(N)=C(C(=O)OC)C1c1ccccc1. The Morgan fingerprint density at radius 3 is 2.27 bits per heavy atom. The van der Waals surface area contributed by atoms with E-state index in [1.807, 2.05) is 36.4 Å². The van der Waals surface area contributed by atoms with Crippen LogP contribution in [-0.2, 0) is 19.1 Å². The fourth-order valence-electron chi connectivity index (χ4n) is 3.84. The van der Waals surface area contributed by atoms with E-state index < -0.39 is 23.4 Å². The lowest BCUT2D eigenvalue weighted by Gasteiger charge is -2.26. The smallest absolute Gasteiger partial charge is 0.338 e. The van der Waals surface area contributed by atoms with Crippen LogP contribution in [0.4, 0.5) is 0 Å². The summed E-state index contributed by atoms with van der Waals surface area (Å²) in [6.45, 7) is 1.83. The molecule has 1 atom stereocenters. The molecular formula is C25H22N2O5S. The van der Waals surface area contributed by atoms with Crippen LogP contribution in [0, 0.1) is 0 Å². The number of carbonyl (C=O) groups excluding carboxylic acids is 2. The molecule has 2 heterocycles. The van der Waals surface area contributed by atoms with Crippen LogP contribution in [0.3, 0.4) is 0 Å². The first-order valence-corrected chi connectivity index (χ1v) is 11.1. The molecule has 2 aromatic carbocycles. The molecule has 4 rings (SSSR count). The predicted molar refractivity (Wildman–Crippen MR) is 126 cm³/mol. The van der Waals surface area contributed by atoms with Crippen LogP contribution in [0.1, 0.15) is 24.0 Å². The standard InChI is InChI=1S/C25H22N2O5S/c1-3-32-25(30)20-18(16-12-8-5-9-13-16)19(24(29)31-2)21(26)27-22(28)17(33-23(20)27)14-15-10-6-4-7-11-15/h4-14,18H,3,26H2,1-2H3. The molecule has 33 heavy (non-hydrogen) atoms. The average molecular weight is 463 g/mol. The molecule has 168 valence electrons. The third-order valence-electron chi connectivity index (χ3n) is 5.28. The number of hydrogen-bond donors (Lipinski definition) is 1. The number of thiazole rings is 1. The number of fused-ring (bicyclic) bond motifs is 1. The number of aromatic nitrogens is 1. The second kappa shape index (κ2) is 9.30. The van der Waals surface area contributed by atoms with Gasteiger partial charge in [0.2, 0.25) is 0 Å². The van der Waals surface area contributed by atoms with E-state index >= 15 is 0 Å². The molecule has 0 fully saturated rings. The van der Waals surface area contributed by atoms with Gasteiger partial charge in [-0.3, -0.25) is 9.36 Å². The van der Waals surface area contributed by atoms with Gasteiger partial charge in [0.15, 0.2) is 0 Å². The third-order valence-corrected chi connectivity index (χ3v) is 6.39. The van der Waals surface area contributed by atoms with Crippen LogP contribution >= 0.6 is 11.3 Å². The molecule has 1 aliphatic rings. The van der Waals surface area contributed by atoms with Crippen molar-refractivity contribution >= 4 is 40.7 Å². The maximum atomic E-state index is 13.4. The highest BCUT2D eigenvalue weighted by atomic mass is 32.1. The van der Waals surface area contributed by atoms with Gasteiger partial charge >= 0.3 is 11.9 Å². The van der Waals surface area contributed by atoms with E-state index in [-0.39, 0.29) is 23.6 Å². The summed E-state index contributed by atoms with van der Waals surface area (Å²) in [7, 11) is 1.23. The number of rotatable bonds is 5. The number of ether oxygens (including phenoxy) is 2. The highest BCUT2D eigenvalue weighted by molar-refractivity contribution is 7.07. The van der Waals surface area contributed by atoms with Gasteiger partial charge < -0.3 is 15.2 Å². The Bertz CT molecular complexity index is 1420. The Morgan fingerprint density at radius 2 is 1.67 bits per heavy atom. The summed E-state index contributed by atoms with van der Waals surface area (Å²) in [5.74, 6) is -2.25. The molecule has 1 unspecified atom stereocenters. The Hall–Kier alpha value is -3.91. The van der Waals surface area contributed by atoms with Crippen molar-refractivity contribution in [1.29, 1.82) is 0 Å². The van der Waals surface area contributed by atoms with E-state index in [1.54, 1.807) is 37.3 Å². The molecule has 2 N–H and O–H groups in total. The molecule has 3 aromatic rings. The molecule has 0 radical (unpaired) electrons. The van der Waals surface area contributed by atoms with Crippen LogP contribution in [0.5, 0.6) is 0 Å². The van der Waals surface area contributed by atoms with Crippen LogP contribution < -0.4 is 20.5 Å². The molecule has 0 saturated heterocycles. The van der Waals surface area contributed by atoms with E-state index in [2.05, 4.69) is 0 Å². The Morgan fingerprint density at radius 1 is 1.03 bits per heavy atom. The predicted octanol–water partition coefficient (Wildman–Crippen LogP) is 1.55. The number of nitrogens with two attached hydrogens (primary N) is 1. The zero-order valence-electron chi connectivity index (χ0n) is 18.1. The number of carbonyl (C=O) groups is 2. The van der Waals surface area contributed by atoms with Crippen molar-refractivity contribution in [2.24, 2.45) is 5.73 Å². The lowest BCUT2D eigenvalue weighted by atomic mass is 9.83. The van der Waals surface area contributed by atoms with Gasteiger partial charge in [-0.1, -0.05) is 60.7 Å². The van der Waals surface area contributed by atoms with Crippen molar-refractivity contribution < 1.29 is 19.1 Å². The quantitative estimate of drug-likeness (QED) is 0.578. The zero-order valence-corrected chi connectivity index (χ0v) is 18.9. The third kappa shape index (κ3) is 4.01. The second-order valence-corrected chi connectivity index (χ2v) is 8.27. The lowest BCUT2D eigenvalue weighted by Crippen LogP contribution is -2.41. The maximum Gasteiger partial charge on any atom is 0.338 e. The minimum Gasteiger partial charge on any atom is -0.466 e. The highest BCUT2D eigenvalue weighted by Crippen LogP contribution is 2.37. The summed E-state index contributed by atoms with van der Waals surface area (Å²) in [4.78, 5) is 39.4. The largest absolute Gasteiger partial charge is 0.466 e. The molecule has 0 bridgehead atoms. The molecule has 0 saturated carbocycles. The molecule has 0 aliphatic carbocycles. The Labute approximate surface area is 193 Å². The Kier molecular flexibility index (Phi) is 6.28. The topological polar surface area (TPSA) is 101 Å². The molecule has 1 aromatic heterocycles. The monoisotopic (exact) mass is 462 g/mol. The molecule has 0 spiro atoms. The van der Waals surface area contributed by atoms with Crippen LogP contribution in [-0.4, -0.2) is 30.2 Å². The summed E-state index contributed by atoms with van der Waals surface area (Å²) < 4.78 is 12.3. The normalized spacial score (nSPS) is 15.9.